The highest BCUT2D eigenvalue weighted by Gasteiger charge is 2.30. The third kappa shape index (κ3) is 3.78. The minimum Gasteiger partial charge on any atom is -0.377 e. The minimum atomic E-state index is -3.39. The Labute approximate surface area is 117 Å². The van der Waals surface area contributed by atoms with Crippen molar-refractivity contribution in [2.24, 2.45) is 0 Å². The molecule has 2 heterocycles. The summed E-state index contributed by atoms with van der Waals surface area (Å²) in [4.78, 5) is 21.0. The predicted molar refractivity (Wildman–Crippen MR) is 71.4 cm³/mol. The Morgan fingerprint density at radius 3 is 3.00 bits per heavy atom. The summed E-state index contributed by atoms with van der Waals surface area (Å²) in [5, 5.41) is 0. The molecule has 9 heteroatoms. The topological polar surface area (TPSA) is 104 Å². The second kappa shape index (κ2) is 5.90. The van der Waals surface area contributed by atoms with Crippen LogP contribution in [0.15, 0.2) is 6.20 Å². The van der Waals surface area contributed by atoms with Crippen LogP contribution in [0.25, 0.3) is 0 Å². The summed E-state index contributed by atoms with van der Waals surface area (Å²) < 4.78 is 29.7. The van der Waals surface area contributed by atoms with Crippen LogP contribution in [0.4, 0.5) is 0 Å². The van der Waals surface area contributed by atoms with E-state index in [1.807, 2.05) is 6.92 Å². The van der Waals surface area contributed by atoms with E-state index in [1.54, 1.807) is 11.1 Å². The lowest BCUT2D eigenvalue weighted by Crippen LogP contribution is -2.47. The van der Waals surface area contributed by atoms with Gasteiger partial charge >= 0.3 is 0 Å². The van der Waals surface area contributed by atoms with Gasteiger partial charge in [-0.3, -0.25) is 4.79 Å². The van der Waals surface area contributed by atoms with Gasteiger partial charge in [-0.2, -0.15) is 0 Å². The van der Waals surface area contributed by atoms with Crippen LogP contribution in [0.1, 0.15) is 17.6 Å². The number of rotatable bonds is 4. The number of hydrogen-bond donors (Lipinski definition) is 2. The van der Waals surface area contributed by atoms with Crippen LogP contribution in [0.3, 0.4) is 0 Å². The normalized spacial score (nSPS) is 20.1. The Balaban J connectivity index is 2.08. The summed E-state index contributed by atoms with van der Waals surface area (Å²) in [6.45, 7) is 2.81. The standard InChI is InChI=1S/C11H18N4O4S/c1-8-5-12-11(14-8)9-7-19-4-3-15(9)10(16)6-13-20(2,17)18/h5,9,13H,3-4,6-7H2,1-2H3,(H,12,14). The number of carbonyl (C=O) groups excluding carboxylic acids is 1. The molecule has 1 amide bonds. The number of ether oxygens (including phenoxy) is 1. The second-order valence-corrected chi connectivity index (χ2v) is 6.56. The lowest BCUT2D eigenvalue weighted by Gasteiger charge is -2.34. The highest BCUT2D eigenvalue weighted by molar-refractivity contribution is 7.88. The van der Waals surface area contributed by atoms with Crippen molar-refractivity contribution in [3.63, 3.8) is 0 Å². The average molecular weight is 302 g/mol. The summed E-state index contributed by atoms with van der Waals surface area (Å²) >= 11 is 0. The van der Waals surface area contributed by atoms with Gasteiger partial charge in [-0.15, -0.1) is 0 Å². The number of hydrogen-bond acceptors (Lipinski definition) is 5. The van der Waals surface area contributed by atoms with Crippen molar-refractivity contribution in [1.82, 2.24) is 19.6 Å². The lowest BCUT2D eigenvalue weighted by molar-refractivity contribution is -0.139. The molecule has 20 heavy (non-hydrogen) atoms. The number of aromatic amines is 1. The fourth-order valence-electron chi connectivity index (χ4n) is 2.03. The first-order chi connectivity index (χ1) is 9.37. The zero-order valence-corrected chi connectivity index (χ0v) is 12.2. The van der Waals surface area contributed by atoms with Crippen LogP contribution in [0, 0.1) is 6.92 Å². The Morgan fingerprint density at radius 2 is 2.40 bits per heavy atom. The molecular weight excluding hydrogens is 284 g/mol. The molecule has 2 N–H and O–H groups in total. The van der Waals surface area contributed by atoms with Crippen molar-refractivity contribution in [3.05, 3.63) is 17.7 Å². The predicted octanol–water partition coefficient (Wildman–Crippen LogP) is -0.833. The van der Waals surface area contributed by atoms with Crippen molar-refractivity contribution in [2.75, 3.05) is 32.6 Å². The zero-order valence-electron chi connectivity index (χ0n) is 11.4. The highest BCUT2D eigenvalue weighted by Crippen LogP contribution is 2.21. The Bertz CT molecular complexity index is 583. The van der Waals surface area contributed by atoms with Gasteiger partial charge in [-0.1, -0.05) is 0 Å². The van der Waals surface area contributed by atoms with Gasteiger partial charge in [-0.25, -0.2) is 18.1 Å². The maximum atomic E-state index is 12.1. The van der Waals surface area contributed by atoms with E-state index in [0.29, 0.717) is 25.6 Å². The SMILES string of the molecule is Cc1cnc(C2COCCN2C(=O)CNS(C)(=O)=O)[nH]1. The molecule has 1 aromatic heterocycles. The third-order valence-electron chi connectivity index (χ3n) is 2.97. The molecule has 0 bridgehead atoms. The maximum Gasteiger partial charge on any atom is 0.238 e. The molecular formula is C11H18N4O4S. The molecule has 112 valence electrons. The number of aryl methyl sites for hydroxylation is 1. The molecule has 8 nitrogen and oxygen atoms in total. The number of H-pyrrole nitrogens is 1. The minimum absolute atomic E-state index is 0.255. The molecule has 0 aromatic carbocycles. The van der Waals surface area contributed by atoms with Gasteiger partial charge < -0.3 is 14.6 Å². The Morgan fingerprint density at radius 1 is 1.65 bits per heavy atom. The number of aromatic nitrogens is 2. The lowest BCUT2D eigenvalue weighted by atomic mass is 10.2. The summed E-state index contributed by atoms with van der Waals surface area (Å²) in [6.07, 6.45) is 2.70. The highest BCUT2D eigenvalue weighted by atomic mass is 32.2. The van der Waals surface area contributed by atoms with Gasteiger partial charge in [0.1, 0.15) is 11.9 Å². The van der Waals surface area contributed by atoms with Gasteiger partial charge in [0, 0.05) is 18.4 Å². The van der Waals surface area contributed by atoms with Gasteiger partial charge in [0.15, 0.2) is 0 Å². The maximum absolute atomic E-state index is 12.1. The van der Waals surface area contributed by atoms with Gasteiger partial charge in [0.05, 0.1) is 26.0 Å². The molecule has 1 saturated heterocycles. The Hall–Kier alpha value is -1.45. The van der Waals surface area contributed by atoms with E-state index in [1.165, 1.54) is 0 Å². The van der Waals surface area contributed by atoms with Crippen molar-refractivity contribution >= 4 is 15.9 Å². The fraction of sp³-hybridized carbons (Fsp3) is 0.636. The average Bonchev–Trinajstić information content (AvgIpc) is 2.82. The van der Waals surface area contributed by atoms with Crippen LogP contribution < -0.4 is 4.72 Å². The summed E-state index contributed by atoms with van der Waals surface area (Å²) in [5.41, 5.74) is 0.896. The number of nitrogens with one attached hydrogen (secondary N) is 2. The molecule has 0 saturated carbocycles. The number of carbonyl (C=O) groups is 1. The smallest absolute Gasteiger partial charge is 0.238 e. The van der Waals surface area contributed by atoms with Gasteiger partial charge in [0.25, 0.3) is 0 Å². The van der Waals surface area contributed by atoms with Crippen LogP contribution >= 0.6 is 0 Å². The third-order valence-corrected chi connectivity index (χ3v) is 3.64. The van der Waals surface area contributed by atoms with Crippen LogP contribution in [0.5, 0.6) is 0 Å². The number of sulfonamides is 1. The largest absolute Gasteiger partial charge is 0.377 e. The van der Waals surface area contributed by atoms with Gasteiger partial charge in [0.2, 0.25) is 15.9 Å². The van der Waals surface area contributed by atoms with E-state index in [4.69, 9.17) is 4.74 Å². The number of amides is 1. The van der Waals surface area contributed by atoms with E-state index in [9.17, 15) is 13.2 Å². The molecule has 1 aliphatic heterocycles. The van der Waals surface area contributed by atoms with E-state index < -0.39 is 10.0 Å². The number of imidazole rings is 1. The first kappa shape index (κ1) is 14.9. The summed E-state index contributed by atoms with van der Waals surface area (Å²) in [7, 11) is -3.39. The Kier molecular flexibility index (Phi) is 4.41. The van der Waals surface area contributed by atoms with Crippen molar-refractivity contribution in [2.45, 2.75) is 13.0 Å². The van der Waals surface area contributed by atoms with Gasteiger partial charge in [-0.05, 0) is 6.92 Å². The number of nitrogens with zero attached hydrogens (tertiary/aromatic N) is 2. The van der Waals surface area contributed by atoms with E-state index in [2.05, 4.69) is 14.7 Å². The molecule has 2 rings (SSSR count). The second-order valence-electron chi connectivity index (χ2n) is 4.72. The van der Waals surface area contributed by atoms with Crippen LogP contribution in [0.2, 0.25) is 0 Å². The molecule has 0 spiro atoms. The molecule has 1 atom stereocenters. The molecule has 1 unspecified atom stereocenters. The summed E-state index contributed by atoms with van der Waals surface area (Å²) in [5.74, 6) is 0.354. The molecule has 1 aliphatic rings. The van der Waals surface area contributed by atoms with Crippen LogP contribution in [-0.2, 0) is 19.6 Å². The fourth-order valence-corrected chi connectivity index (χ4v) is 2.41. The first-order valence-electron chi connectivity index (χ1n) is 6.20. The molecule has 0 radical (unpaired) electrons. The van der Waals surface area contributed by atoms with Crippen molar-refractivity contribution in [1.29, 1.82) is 0 Å². The quantitative estimate of drug-likeness (QED) is 0.755. The monoisotopic (exact) mass is 302 g/mol. The zero-order chi connectivity index (χ0) is 14.8. The van der Waals surface area contributed by atoms with E-state index >= 15 is 0 Å². The molecule has 0 aliphatic carbocycles. The number of morpholine rings is 1. The van der Waals surface area contributed by atoms with Crippen molar-refractivity contribution in [3.8, 4) is 0 Å². The molecule has 1 fully saturated rings. The first-order valence-corrected chi connectivity index (χ1v) is 8.09. The summed E-state index contributed by atoms with van der Waals surface area (Å²) in [6, 6.07) is -0.314. The van der Waals surface area contributed by atoms with Crippen LogP contribution in [-0.4, -0.2) is 61.8 Å². The van der Waals surface area contributed by atoms with E-state index in [0.717, 1.165) is 11.9 Å². The molecule has 1 aromatic rings. The van der Waals surface area contributed by atoms with Crippen molar-refractivity contribution < 1.29 is 17.9 Å². The van der Waals surface area contributed by atoms with E-state index in [-0.39, 0.29) is 18.5 Å².